The van der Waals surface area contributed by atoms with Gasteiger partial charge in [0.15, 0.2) is 0 Å². The average Bonchev–Trinajstić information content (AvgIpc) is 2.82. The molecule has 0 aromatic heterocycles. The monoisotopic (exact) mass is 446 g/mol. The maximum absolute atomic E-state index is 2.40. The molecule has 0 radical (unpaired) electrons. The quantitative estimate of drug-likeness (QED) is 0.266. The van der Waals surface area contributed by atoms with Gasteiger partial charge in [0.1, 0.15) is 0 Å². The molecule has 0 bridgehead atoms. The Bertz CT molecular complexity index is 1250. The van der Waals surface area contributed by atoms with Gasteiger partial charge >= 0.3 is 0 Å². The van der Waals surface area contributed by atoms with Crippen molar-refractivity contribution in [3.05, 3.63) is 141 Å². The molecule has 0 unspecified atom stereocenters. The van der Waals surface area contributed by atoms with Crippen LogP contribution in [0, 0.1) is 27.7 Å². The molecule has 4 aromatic carbocycles. The van der Waals surface area contributed by atoms with Crippen LogP contribution in [0.15, 0.2) is 84.9 Å². The number of hydrogen-bond donors (Lipinski definition) is 0. The van der Waals surface area contributed by atoms with E-state index in [1.165, 1.54) is 55.6 Å². The Kier molecular flexibility index (Phi) is 7.08. The molecule has 0 heterocycles. The number of benzene rings is 4. The van der Waals surface area contributed by atoms with Gasteiger partial charge in [-0.3, -0.25) is 0 Å². The van der Waals surface area contributed by atoms with Crippen molar-refractivity contribution in [3.63, 3.8) is 0 Å². The molecule has 0 aliphatic carbocycles. The lowest BCUT2D eigenvalue weighted by atomic mass is 9.76. The fourth-order valence-electron chi connectivity index (χ4n) is 4.71. The zero-order valence-corrected chi connectivity index (χ0v) is 21.7. The second kappa shape index (κ2) is 10.0. The van der Waals surface area contributed by atoms with Crippen LogP contribution in [0.5, 0.6) is 0 Å². The topological polar surface area (TPSA) is 0 Å². The van der Waals surface area contributed by atoms with Gasteiger partial charge in [-0.05, 0) is 97.0 Å². The van der Waals surface area contributed by atoms with Crippen LogP contribution < -0.4 is 0 Å². The molecule has 0 nitrogen and oxygen atoms in total. The predicted octanol–water partition coefficient (Wildman–Crippen LogP) is 8.62. The van der Waals surface area contributed by atoms with Gasteiger partial charge in [0.2, 0.25) is 0 Å². The van der Waals surface area contributed by atoms with Crippen LogP contribution in [0.1, 0.15) is 69.5 Å². The summed E-state index contributed by atoms with van der Waals surface area (Å²) in [5, 5.41) is 0. The van der Waals surface area contributed by atoms with Crippen LogP contribution in [0.3, 0.4) is 0 Å². The van der Waals surface area contributed by atoms with E-state index in [0.29, 0.717) is 0 Å². The Balaban J connectivity index is 1.41. The summed E-state index contributed by atoms with van der Waals surface area (Å²) in [5.41, 5.74) is 13.8. The molecule has 34 heavy (non-hydrogen) atoms. The van der Waals surface area contributed by atoms with Gasteiger partial charge in [0, 0.05) is 5.41 Å². The van der Waals surface area contributed by atoms with E-state index in [0.717, 1.165) is 19.3 Å². The summed E-state index contributed by atoms with van der Waals surface area (Å²) in [6, 6.07) is 32.0. The minimum Gasteiger partial charge on any atom is -0.0590 e. The van der Waals surface area contributed by atoms with E-state index in [-0.39, 0.29) is 5.41 Å². The first kappa shape index (κ1) is 24.0. The first-order valence-corrected chi connectivity index (χ1v) is 12.5. The molecule has 0 aliphatic heterocycles. The van der Waals surface area contributed by atoms with Gasteiger partial charge < -0.3 is 0 Å². The lowest BCUT2D eigenvalue weighted by molar-refractivity contribution is 0.638. The molecule has 0 heteroatoms. The molecule has 0 amide bonds. The molecule has 0 saturated carbocycles. The Labute approximate surface area is 206 Å². The van der Waals surface area contributed by atoms with Crippen molar-refractivity contribution in [1.29, 1.82) is 0 Å². The fraction of sp³-hybridized carbons (Fsp3) is 0.294. The van der Waals surface area contributed by atoms with E-state index in [9.17, 15) is 0 Å². The van der Waals surface area contributed by atoms with Crippen molar-refractivity contribution in [3.8, 4) is 0 Å². The van der Waals surface area contributed by atoms with Crippen LogP contribution >= 0.6 is 0 Å². The lowest BCUT2D eigenvalue weighted by Crippen LogP contribution is -2.19. The molecule has 0 atom stereocenters. The minimum atomic E-state index is -0.00493. The molecule has 4 rings (SSSR count). The maximum Gasteiger partial charge on any atom is 0.0146 e. The first-order chi connectivity index (χ1) is 16.2. The third kappa shape index (κ3) is 5.50. The Morgan fingerprint density at radius 3 is 1.62 bits per heavy atom. The summed E-state index contributed by atoms with van der Waals surface area (Å²) in [5.74, 6) is 0. The van der Waals surface area contributed by atoms with Gasteiger partial charge in [0.25, 0.3) is 0 Å². The molecular weight excluding hydrogens is 408 g/mol. The molecular formula is C34H38. The Morgan fingerprint density at radius 1 is 0.500 bits per heavy atom. The lowest BCUT2D eigenvalue weighted by Gasteiger charge is -2.28. The SMILES string of the molecule is Cc1ccc(Cc2ccc(CCc3ccc(C(C)(C)c4ccc(C)c(C)c4)cc3C)cc2)cc1. The van der Waals surface area contributed by atoms with E-state index in [1.54, 1.807) is 0 Å². The summed E-state index contributed by atoms with van der Waals surface area (Å²) >= 11 is 0. The van der Waals surface area contributed by atoms with Gasteiger partial charge in [-0.2, -0.15) is 0 Å². The van der Waals surface area contributed by atoms with Crippen LogP contribution in [0.25, 0.3) is 0 Å². The molecule has 0 fully saturated rings. The van der Waals surface area contributed by atoms with Gasteiger partial charge in [-0.15, -0.1) is 0 Å². The van der Waals surface area contributed by atoms with Crippen LogP contribution in [-0.4, -0.2) is 0 Å². The number of aryl methyl sites for hydroxylation is 6. The Hall–Kier alpha value is -3.12. The molecule has 0 saturated heterocycles. The van der Waals surface area contributed by atoms with Crippen LogP contribution in [0.2, 0.25) is 0 Å². The summed E-state index contributed by atoms with van der Waals surface area (Å²) in [4.78, 5) is 0. The third-order valence-electron chi connectivity index (χ3n) is 7.53. The smallest absolute Gasteiger partial charge is 0.0146 e. The van der Waals surface area contributed by atoms with E-state index >= 15 is 0 Å². The fourth-order valence-corrected chi connectivity index (χ4v) is 4.71. The van der Waals surface area contributed by atoms with E-state index in [2.05, 4.69) is 126 Å². The van der Waals surface area contributed by atoms with Crippen LogP contribution in [0.4, 0.5) is 0 Å². The standard InChI is InChI=1S/C34H38/c1-24-7-10-29(11-8-24)23-30-14-12-28(13-15-30)16-17-31-18-20-33(22-27(31)4)34(5,6)32-19-9-25(2)26(3)21-32/h7-15,18-22H,16-17,23H2,1-6H3. The minimum absolute atomic E-state index is 0.00493. The van der Waals surface area contributed by atoms with E-state index in [1.807, 2.05) is 0 Å². The van der Waals surface area contributed by atoms with E-state index < -0.39 is 0 Å². The van der Waals surface area contributed by atoms with Crippen molar-refractivity contribution in [2.75, 3.05) is 0 Å². The van der Waals surface area contributed by atoms with Gasteiger partial charge in [-0.25, -0.2) is 0 Å². The molecule has 0 N–H and O–H groups in total. The largest absolute Gasteiger partial charge is 0.0590 e. The third-order valence-corrected chi connectivity index (χ3v) is 7.53. The van der Waals surface area contributed by atoms with Gasteiger partial charge in [-0.1, -0.05) is 104 Å². The van der Waals surface area contributed by atoms with Crippen molar-refractivity contribution in [1.82, 2.24) is 0 Å². The van der Waals surface area contributed by atoms with Crippen molar-refractivity contribution in [2.24, 2.45) is 0 Å². The zero-order chi connectivity index (χ0) is 24.3. The first-order valence-electron chi connectivity index (χ1n) is 12.5. The van der Waals surface area contributed by atoms with Crippen molar-refractivity contribution in [2.45, 2.75) is 66.2 Å². The number of rotatable bonds is 7. The normalized spacial score (nSPS) is 11.6. The summed E-state index contributed by atoms with van der Waals surface area (Å²) in [7, 11) is 0. The highest BCUT2D eigenvalue weighted by atomic mass is 14.3. The number of hydrogen-bond acceptors (Lipinski definition) is 0. The van der Waals surface area contributed by atoms with Gasteiger partial charge in [0.05, 0.1) is 0 Å². The second-order valence-electron chi connectivity index (χ2n) is 10.5. The predicted molar refractivity (Wildman–Crippen MR) is 147 cm³/mol. The van der Waals surface area contributed by atoms with Crippen molar-refractivity contribution < 1.29 is 0 Å². The molecule has 0 aliphatic rings. The molecule has 174 valence electrons. The Morgan fingerprint density at radius 2 is 1.03 bits per heavy atom. The summed E-state index contributed by atoms with van der Waals surface area (Å²) < 4.78 is 0. The highest BCUT2D eigenvalue weighted by molar-refractivity contribution is 5.44. The summed E-state index contributed by atoms with van der Waals surface area (Å²) in [6.07, 6.45) is 3.15. The average molecular weight is 447 g/mol. The highest BCUT2D eigenvalue weighted by Gasteiger charge is 2.24. The maximum atomic E-state index is 2.40. The molecule has 4 aromatic rings. The summed E-state index contributed by atoms with van der Waals surface area (Å²) in [6.45, 7) is 13.5. The van der Waals surface area contributed by atoms with E-state index in [4.69, 9.17) is 0 Å². The zero-order valence-electron chi connectivity index (χ0n) is 21.7. The van der Waals surface area contributed by atoms with Crippen LogP contribution in [-0.2, 0) is 24.7 Å². The second-order valence-corrected chi connectivity index (χ2v) is 10.5. The highest BCUT2D eigenvalue weighted by Crippen LogP contribution is 2.33. The van der Waals surface area contributed by atoms with Crippen molar-refractivity contribution >= 4 is 0 Å². The molecule has 0 spiro atoms.